The maximum Gasteiger partial charge on any atom is 0.208 e. The van der Waals surface area contributed by atoms with E-state index in [1.807, 2.05) is 30.0 Å². The zero-order chi connectivity index (χ0) is 15.5. The summed E-state index contributed by atoms with van der Waals surface area (Å²) >= 11 is 1.82. The molecule has 0 radical (unpaired) electrons. The lowest BCUT2D eigenvalue weighted by molar-refractivity contribution is 0.0693. The Morgan fingerprint density at radius 3 is 2.87 bits per heavy atom. The molecule has 2 saturated heterocycles. The number of nitrogens with zero attached hydrogens (tertiary/aromatic N) is 3. The normalized spacial score (nSPS) is 25.2. The van der Waals surface area contributed by atoms with Crippen molar-refractivity contribution in [2.75, 3.05) is 18.8 Å². The molecule has 0 amide bonds. The fraction of sp³-hybridized carbons (Fsp3) is 0.556. The molecule has 0 aliphatic carbocycles. The predicted molar refractivity (Wildman–Crippen MR) is 94.5 cm³/mol. The average molecular weight is 328 g/mol. The van der Waals surface area contributed by atoms with E-state index >= 15 is 0 Å². The molecule has 0 spiro atoms. The molecule has 2 aliphatic heterocycles. The third-order valence-corrected chi connectivity index (χ3v) is 6.20. The van der Waals surface area contributed by atoms with Crippen LogP contribution in [-0.4, -0.2) is 45.0 Å². The van der Waals surface area contributed by atoms with Crippen molar-refractivity contribution >= 4 is 11.8 Å². The summed E-state index contributed by atoms with van der Waals surface area (Å²) in [6, 6.07) is 11.0. The van der Waals surface area contributed by atoms with Crippen LogP contribution < -0.4 is 0 Å². The van der Waals surface area contributed by atoms with Crippen molar-refractivity contribution in [2.45, 2.75) is 43.3 Å². The maximum absolute atomic E-state index is 4.65. The molecule has 0 saturated carbocycles. The Morgan fingerprint density at radius 2 is 1.96 bits per heavy atom. The van der Waals surface area contributed by atoms with Gasteiger partial charge in [0.2, 0.25) is 5.16 Å². The molecule has 1 aromatic heterocycles. The van der Waals surface area contributed by atoms with Gasteiger partial charge in [-0.15, -0.1) is 5.10 Å². The van der Waals surface area contributed by atoms with Crippen molar-refractivity contribution in [2.24, 2.45) is 5.92 Å². The quantitative estimate of drug-likeness (QED) is 0.867. The van der Waals surface area contributed by atoms with Gasteiger partial charge in [0.25, 0.3) is 0 Å². The summed E-state index contributed by atoms with van der Waals surface area (Å²) < 4.78 is 0. The minimum Gasteiger partial charge on any atom is -0.300 e. The number of rotatable bonds is 4. The number of hydrogen-bond donors (Lipinski definition) is 1. The molecule has 2 atom stereocenters. The van der Waals surface area contributed by atoms with E-state index < -0.39 is 0 Å². The van der Waals surface area contributed by atoms with Gasteiger partial charge in [0.05, 0.1) is 0 Å². The van der Waals surface area contributed by atoms with Gasteiger partial charge in [-0.3, -0.25) is 5.10 Å². The highest BCUT2D eigenvalue weighted by Crippen LogP contribution is 2.34. The standard InChI is InChI=1S/C18H24N4S/c1-2-7-14(8-3-1)17-19-18(21-20-17)23-13-15-9-6-12-22-11-5-4-10-16(15)22/h1-3,7-8,15-16H,4-6,9-13H2,(H,19,20,21)/t15-,16+/m0/s1. The highest BCUT2D eigenvalue weighted by atomic mass is 32.2. The molecule has 1 aromatic carbocycles. The molecule has 122 valence electrons. The Balaban J connectivity index is 1.38. The second kappa shape index (κ2) is 7.05. The molecule has 5 heteroatoms. The van der Waals surface area contributed by atoms with E-state index in [1.165, 1.54) is 45.2 Å². The van der Waals surface area contributed by atoms with Crippen LogP contribution >= 0.6 is 11.8 Å². The summed E-state index contributed by atoms with van der Waals surface area (Å²) in [5.41, 5.74) is 1.10. The molecule has 4 nitrogen and oxygen atoms in total. The summed E-state index contributed by atoms with van der Waals surface area (Å²) in [4.78, 5) is 7.38. The maximum atomic E-state index is 4.65. The van der Waals surface area contributed by atoms with Crippen LogP contribution in [0.1, 0.15) is 32.1 Å². The zero-order valence-corrected chi connectivity index (χ0v) is 14.3. The lowest BCUT2D eigenvalue weighted by Gasteiger charge is -2.44. The van der Waals surface area contributed by atoms with Gasteiger partial charge in [-0.05, 0) is 44.7 Å². The van der Waals surface area contributed by atoms with Gasteiger partial charge >= 0.3 is 0 Å². The van der Waals surface area contributed by atoms with Crippen molar-refractivity contribution in [3.05, 3.63) is 30.3 Å². The molecule has 1 N–H and O–H groups in total. The number of nitrogens with one attached hydrogen (secondary N) is 1. The molecular formula is C18H24N4S. The largest absolute Gasteiger partial charge is 0.300 e. The smallest absolute Gasteiger partial charge is 0.208 e. The number of aromatic nitrogens is 3. The van der Waals surface area contributed by atoms with Gasteiger partial charge in [0, 0.05) is 17.4 Å². The van der Waals surface area contributed by atoms with Gasteiger partial charge in [-0.2, -0.15) is 0 Å². The van der Waals surface area contributed by atoms with Gasteiger partial charge in [0.15, 0.2) is 5.82 Å². The fourth-order valence-corrected chi connectivity index (χ4v) is 5.01. The van der Waals surface area contributed by atoms with Crippen LogP contribution in [0.15, 0.2) is 35.5 Å². The predicted octanol–water partition coefficient (Wildman–Crippen LogP) is 3.83. The van der Waals surface area contributed by atoms with E-state index in [4.69, 9.17) is 0 Å². The van der Waals surface area contributed by atoms with Crippen molar-refractivity contribution in [1.82, 2.24) is 20.1 Å². The van der Waals surface area contributed by atoms with Gasteiger partial charge in [-0.1, -0.05) is 48.5 Å². The third kappa shape index (κ3) is 3.45. The molecule has 23 heavy (non-hydrogen) atoms. The Hall–Kier alpha value is -1.33. The van der Waals surface area contributed by atoms with Gasteiger partial charge < -0.3 is 4.90 Å². The first-order chi connectivity index (χ1) is 11.4. The van der Waals surface area contributed by atoms with Crippen LogP contribution in [0.25, 0.3) is 11.4 Å². The first-order valence-electron chi connectivity index (χ1n) is 8.75. The van der Waals surface area contributed by atoms with Crippen LogP contribution in [0, 0.1) is 5.92 Å². The second-order valence-electron chi connectivity index (χ2n) is 6.65. The number of H-pyrrole nitrogens is 1. The molecule has 2 aromatic rings. The molecule has 3 heterocycles. The Bertz CT molecular complexity index is 625. The van der Waals surface area contributed by atoms with Crippen molar-refractivity contribution in [3.63, 3.8) is 0 Å². The molecule has 4 rings (SSSR count). The molecule has 0 bridgehead atoms. The number of piperidine rings is 2. The SMILES string of the molecule is c1ccc(-c2nc(SC[C@@H]3CCCN4CCCC[C@H]34)n[nH]2)cc1. The van der Waals surface area contributed by atoms with E-state index in [9.17, 15) is 0 Å². The molecule has 0 unspecified atom stereocenters. The van der Waals surface area contributed by atoms with E-state index in [1.54, 1.807) is 0 Å². The van der Waals surface area contributed by atoms with Crippen molar-refractivity contribution in [3.8, 4) is 11.4 Å². The van der Waals surface area contributed by atoms with E-state index in [0.29, 0.717) is 0 Å². The first kappa shape index (κ1) is 15.2. The second-order valence-corrected chi connectivity index (χ2v) is 7.63. The van der Waals surface area contributed by atoms with Crippen molar-refractivity contribution in [1.29, 1.82) is 0 Å². The number of benzene rings is 1. The van der Waals surface area contributed by atoms with E-state index in [-0.39, 0.29) is 0 Å². The summed E-state index contributed by atoms with van der Waals surface area (Å²) in [6.07, 6.45) is 6.89. The number of fused-ring (bicyclic) bond motifs is 1. The Morgan fingerprint density at radius 1 is 1.09 bits per heavy atom. The number of thioether (sulfide) groups is 1. The van der Waals surface area contributed by atoms with Crippen LogP contribution in [0.2, 0.25) is 0 Å². The fourth-order valence-electron chi connectivity index (χ4n) is 3.99. The highest BCUT2D eigenvalue weighted by Gasteiger charge is 2.32. The minimum absolute atomic E-state index is 0.799. The first-order valence-corrected chi connectivity index (χ1v) is 9.73. The van der Waals surface area contributed by atoms with E-state index in [0.717, 1.165) is 34.3 Å². The third-order valence-electron chi connectivity index (χ3n) is 5.17. The summed E-state index contributed by atoms with van der Waals surface area (Å²) in [6.45, 7) is 2.62. The minimum atomic E-state index is 0.799. The van der Waals surface area contributed by atoms with Gasteiger partial charge in [0.1, 0.15) is 0 Å². The average Bonchev–Trinajstić information content (AvgIpc) is 3.10. The van der Waals surface area contributed by atoms with Crippen LogP contribution in [0.4, 0.5) is 0 Å². The number of aromatic amines is 1. The van der Waals surface area contributed by atoms with Crippen molar-refractivity contribution < 1.29 is 0 Å². The van der Waals surface area contributed by atoms with E-state index in [2.05, 4.69) is 32.2 Å². The van der Waals surface area contributed by atoms with Crippen LogP contribution in [0.5, 0.6) is 0 Å². The summed E-state index contributed by atoms with van der Waals surface area (Å²) in [7, 11) is 0. The topological polar surface area (TPSA) is 44.8 Å². The van der Waals surface area contributed by atoms with Gasteiger partial charge in [-0.25, -0.2) is 4.98 Å². The summed E-state index contributed by atoms with van der Waals surface area (Å²) in [5.74, 6) is 2.82. The lowest BCUT2D eigenvalue weighted by atomic mass is 9.85. The van der Waals surface area contributed by atoms with Crippen LogP contribution in [0.3, 0.4) is 0 Å². The molecule has 2 aliphatic rings. The monoisotopic (exact) mass is 328 g/mol. The molecule has 2 fully saturated rings. The Kier molecular flexibility index (Phi) is 4.67. The Labute approximate surface area is 142 Å². The molecular weight excluding hydrogens is 304 g/mol. The number of hydrogen-bond acceptors (Lipinski definition) is 4. The van der Waals surface area contributed by atoms with Crippen LogP contribution in [-0.2, 0) is 0 Å². The lowest BCUT2D eigenvalue weighted by Crippen LogP contribution is -2.48. The highest BCUT2D eigenvalue weighted by molar-refractivity contribution is 7.99. The summed E-state index contributed by atoms with van der Waals surface area (Å²) in [5, 5.41) is 8.35. The zero-order valence-electron chi connectivity index (χ0n) is 13.4.